The van der Waals surface area contributed by atoms with Crippen molar-refractivity contribution in [3.8, 4) is 11.5 Å². The fourth-order valence-electron chi connectivity index (χ4n) is 2.89. The molecule has 2 N–H and O–H groups in total. The summed E-state index contributed by atoms with van der Waals surface area (Å²) in [7, 11) is -3.43. The zero-order valence-electron chi connectivity index (χ0n) is 17.0. The lowest BCUT2D eigenvalue weighted by Gasteiger charge is -2.16. The molecule has 0 fully saturated rings. The summed E-state index contributed by atoms with van der Waals surface area (Å²) in [5.41, 5.74) is 2.42. The molecule has 0 saturated heterocycles. The number of rotatable bonds is 7. The van der Waals surface area contributed by atoms with Crippen LogP contribution in [0.3, 0.4) is 0 Å². The van der Waals surface area contributed by atoms with Crippen molar-refractivity contribution in [2.45, 2.75) is 19.9 Å². The van der Waals surface area contributed by atoms with E-state index in [0.717, 1.165) is 23.1 Å². The third kappa shape index (κ3) is 5.84. The van der Waals surface area contributed by atoms with Gasteiger partial charge >= 0.3 is 0 Å². The van der Waals surface area contributed by atoms with Gasteiger partial charge in [-0.15, -0.1) is 0 Å². The van der Waals surface area contributed by atoms with Crippen LogP contribution < -0.4 is 14.8 Å². The predicted molar refractivity (Wildman–Crippen MR) is 118 cm³/mol. The van der Waals surface area contributed by atoms with E-state index in [2.05, 4.69) is 10.0 Å². The van der Waals surface area contributed by atoms with E-state index in [1.807, 2.05) is 61.5 Å². The van der Waals surface area contributed by atoms with Crippen LogP contribution >= 0.6 is 0 Å². The maximum absolute atomic E-state index is 12.7. The van der Waals surface area contributed by atoms with Crippen molar-refractivity contribution in [3.63, 3.8) is 0 Å². The summed E-state index contributed by atoms with van der Waals surface area (Å²) < 4.78 is 31.3. The molecule has 156 valence electrons. The smallest absolute Gasteiger partial charge is 0.251 e. The van der Waals surface area contributed by atoms with Crippen LogP contribution in [-0.2, 0) is 10.0 Å². The Morgan fingerprint density at radius 2 is 1.57 bits per heavy atom. The Balaban J connectivity index is 1.67. The second-order valence-electron chi connectivity index (χ2n) is 7.08. The molecule has 0 aliphatic heterocycles. The molecule has 0 aromatic heterocycles. The van der Waals surface area contributed by atoms with E-state index in [9.17, 15) is 13.2 Å². The Bertz CT molecular complexity index is 1130. The first-order valence-electron chi connectivity index (χ1n) is 9.43. The molecule has 0 heterocycles. The molecule has 0 bridgehead atoms. The van der Waals surface area contributed by atoms with Gasteiger partial charge in [-0.25, -0.2) is 8.42 Å². The minimum Gasteiger partial charge on any atom is -0.457 e. The molecule has 6 nitrogen and oxygen atoms in total. The number of benzene rings is 3. The second kappa shape index (κ2) is 9.00. The largest absolute Gasteiger partial charge is 0.457 e. The van der Waals surface area contributed by atoms with Crippen molar-refractivity contribution in [2.75, 3.05) is 11.0 Å². The molecule has 0 saturated carbocycles. The van der Waals surface area contributed by atoms with Gasteiger partial charge in [0.15, 0.2) is 0 Å². The monoisotopic (exact) mass is 424 g/mol. The van der Waals surface area contributed by atoms with Gasteiger partial charge in [-0.1, -0.05) is 36.4 Å². The van der Waals surface area contributed by atoms with E-state index < -0.39 is 10.0 Å². The first kappa shape index (κ1) is 21.4. The molecular weight excluding hydrogens is 400 g/mol. The zero-order valence-corrected chi connectivity index (χ0v) is 17.9. The SMILES string of the molecule is Cc1ccc(C(=O)NC(C)c2ccc(Oc3ccccc3)cc2)cc1NS(C)(=O)=O. The lowest BCUT2D eigenvalue weighted by Crippen LogP contribution is -2.26. The van der Waals surface area contributed by atoms with Crippen molar-refractivity contribution < 1.29 is 17.9 Å². The zero-order chi connectivity index (χ0) is 21.7. The lowest BCUT2D eigenvalue weighted by atomic mass is 10.1. The molecule has 3 aromatic rings. The Morgan fingerprint density at radius 3 is 2.20 bits per heavy atom. The van der Waals surface area contributed by atoms with Crippen LogP contribution in [-0.4, -0.2) is 20.6 Å². The molecular formula is C23H24N2O4S. The number of sulfonamides is 1. The van der Waals surface area contributed by atoms with E-state index in [-0.39, 0.29) is 11.9 Å². The average molecular weight is 425 g/mol. The molecule has 3 rings (SSSR count). The number of nitrogens with one attached hydrogen (secondary N) is 2. The summed E-state index contributed by atoms with van der Waals surface area (Å²) in [4.78, 5) is 12.7. The van der Waals surface area contributed by atoms with Crippen molar-refractivity contribution in [2.24, 2.45) is 0 Å². The summed E-state index contributed by atoms with van der Waals surface area (Å²) in [6.45, 7) is 3.66. The molecule has 30 heavy (non-hydrogen) atoms. The lowest BCUT2D eigenvalue weighted by molar-refractivity contribution is 0.0940. The van der Waals surface area contributed by atoms with Crippen molar-refractivity contribution in [3.05, 3.63) is 89.5 Å². The second-order valence-corrected chi connectivity index (χ2v) is 8.83. The average Bonchev–Trinajstić information content (AvgIpc) is 2.70. The number of ether oxygens (including phenoxy) is 1. The molecule has 0 spiro atoms. The highest BCUT2D eigenvalue weighted by Crippen LogP contribution is 2.24. The third-order valence-corrected chi connectivity index (χ3v) is 5.09. The Hall–Kier alpha value is -3.32. The van der Waals surface area contributed by atoms with E-state index in [1.54, 1.807) is 19.1 Å². The minimum atomic E-state index is -3.43. The number of amides is 1. The maximum Gasteiger partial charge on any atom is 0.251 e. The van der Waals surface area contributed by atoms with Crippen LogP contribution in [0, 0.1) is 6.92 Å². The first-order chi connectivity index (χ1) is 14.2. The molecule has 0 aliphatic rings. The van der Waals surface area contributed by atoms with E-state index in [1.165, 1.54) is 6.07 Å². The van der Waals surface area contributed by atoms with E-state index in [4.69, 9.17) is 4.74 Å². The molecule has 0 aliphatic carbocycles. The van der Waals surface area contributed by atoms with Gasteiger partial charge < -0.3 is 10.1 Å². The Labute approximate surface area is 177 Å². The highest BCUT2D eigenvalue weighted by atomic mass is 32.2. The number of carbonyl (C=O) groups excluding carboxylic acids is 1. The van der Waals surface area contributed by atoms with Gasteiger partial charge in [-0.2, -0.15) is 0 Å². The van der Waals surface area contributed by atoms with Crippen LogP contribution in [0.2, 0.25) is 0 Å². The molecule has 1 amide bonds. The fraction of sp³-hybridized carbons (Fsp3) is 0.174. The predicted octanol–water partition coefficient (Wildman–Crippen LogP) is 4.65. The van der Waals surface area contributed by atoms with Crippen LogP contribution in [0.5, 0.6) is 11.5 Å². The minimum absolute atomic E-state index is 0.240. The topological polar surface area (TPSA) is 84.5 Å². The summed E-state index contributed by atoms with van der Waals surface area (Å²) >= 11 is 0. The highest BCUT2D eigenvalue weighted by Gasteiger charge is 2.14. The van der Waals surface area contributed by atoms with Gasteiger partial charge in [-0.3, -0.25) is 9.52 Å². The standard InChI is InChI=1S/C23H24N2O4S/c1-16-9-10-19(15-22(16)25-30(3,27)28)23(26)24-17(2)18-11-13-21(14-12-18)29-20-7-5-4-6-8-20/h4-15,17,25H,1-3H3,(H,24,26). The number of hydrogen-bond acceptors (Lipinski definition) is 4. The van der Waals surface area contributed by atoms with Gasteiger partial charge in [0.1, 0.15) is 11.5 Å². The Morgan fingerprint density at radius 1 is 0.933 bits per heavy atom. The van der Waals surface area contributed by atoms with Crippen LogP contribution in [0.4, 0.5) is 5.69 Å². The molecule has 0 radical (unpaired) electrons. The van der Waals surface area contributed by atoms with Crippen molar-refractivity contribution in [1.82, 2.24) is 5.32 Å². The highest BCUT2D eigenvalue weighted by molar-refractivity contribution is 7.92. The molecule has 1 atom stereocenters. The number of aryl methyl sites for hydroxylation is 1. The summed E-state index contributed by atoms with van der Waals surface area (Å²) in [5, 5.41) is 2.93. The first-order valence-corrected chi connectivity index (χ1v) is 11.3. The normalized spacial score (nSPS) is 12.1. The molecule has 1 unspecified atom stereocenters. The maximum atomic E-state index is 12.7. The van der Waals surface area contributed by atoms with Crippen molar-refractivity contribution in [1.29, 1.82) is 0 Å². The summed E-state index contributed by atoms with van der Waals surface area (Å²) in [5.74, 6) is 1.17. The quantitative estimate of drug-likeness (QED) is 0.578. The van der Waals surface area contributed by atoms with Crippen LogP contribution in [0.25, 0.3) is 0 Å². The van der Waals surface area contributed by atoms with Gasteiger partial charge in [0.2, 0.25) is 10.0 Å². The number of para-hydroxylation sites is 1. The van der Waals surface area contributed by atoms with E-state index in [0.29, 0.717) is 17.0 Å². The van der Waals surface area contributed by atoms with Gasteiger partial charge in [-0.05, 0) is 61.4 Å². The van der Waals surface area contributed by atoms with Crippen LogP contribution in [0.1, 0.15) is 34.5 Å². The van der Waals surface area contributed by atoms with Crippen molar-refractivity contribution >= 4 is 21.6 Å². The molecule has 3 aromatic carbocycles. The number of anilines is 1. The van der Waals surface area contributed by atoms with E-state index >= 15 is 0 Å². The van der Waals surface area contributed by atoms with Gasteiger partial charge in [0, 0.05) is 5.56 Å². The van der Waals surface area contributed by atoms with Gasteiger partial charge in [0.25, 0.3) is 5.91 Å². The van der Waals surface area contributed by atoms with Crippen LogP contribution in [0.15, 0.2) is 72.8 Å². The third-order valence-electron chi connectivity index (χ3n) is 4.50. The number of carbonyl (C=O) groups is 1. The number of hydrogen-bond donors (Lipinski definition) is 2. The summed E-state index contributed by atoms with van der Waals surface area (Å²) in [6.07, 6.45) is 1.08. The molecule has 7 heteroatoms. The Kier molecular flexibility index (Phi) is 6.42. The van der Waals surface area contributed by atoms with Gasteiger partial charge in [0.05, 0.1) is 18.0 Å². The summed E-state index contributed by atoms with van der Waals surface area (Å²) in [6, 6.07) is 21.7. The fourth-order valence-corrected chi connectivity index (χ4v) is 3.50.